The number of nitrogens with one attached hydrogen (secondary N) is 1. The second kappa shape index (κ2) is 6.00. The molecule has 0 unspecified atom stereocenters. The second-order valence-corrected chi connectivity index (χ2v) is 4.10. The van der Waals surface area contributed by atoms with Gasteiger partial charge in [0.1, 0.15) is 18.0 Å². The topological polar surface area (TPSA) is 63.8 Å². The number of hydrogen-bond acceptors (Lipinski definition) is 4. The van der Waals surface area contributed by atoms with Crippen LogP contribution in [0.25, 0.3) is 0 Å². The Morgan fingerprint density at radius 2 is 1.94 bits per heavy atom. The normalized spacial score (nSPS) is 10.3. The molecule has 0 radical (unpaired) electrons. The molecule has 0 aliphatic rings. The summed E-state index contributed by atoms with van der Waals surface area (Å²) in [6.07, 6.45) is 3.30. The highest BCUT2D eigenvalue weighted by atomic mass is 15.0. The zero-order valence-corrected chi connectivity index (χ0v) is 10.6. The zero-order chi connectivity index (χ0) is 12.8. The van der Waals surface area contributed by atoms with E-state index >= 15 is 0 Å². The molecule has 0 aliphatic carbocycles. The average Bonchev–Trinajstić information content (AvgIpc) is 2.40. The quantitative estimate of drug-likeness (QED) is 0.844. The van der Waals surface area contributed by atoms with Crippen LogP contribution in [0.3, 0.4) is 0 Å². The van der Waals surface area contributed by atoms with Gasteiger partial charge >= 0.3 is 0 Å². The lowest BCUT2D eigenvalue weighted by Gasteiger charge is -2.10. The smallest absolute Gasteiger partial charge is 0.134 e. The molecule has 4 heteroatoms. The van der Waals surface area contributed by atoms with Gasteiger partial charge in [-0.25, -0.2) is 9.97 Å². The van der Waals surface area contributed by atoms with Crippen molar-refractivity contribution in [3.63, 3.8) is 0 Å². The third-order valence-electron chi connectivity index (χ3n) is 2.88. The van der Waals surface area contributed by atoms with Crippen molar-refractivity contribution in [3.05, 3.63) is 47.8 Å². The minimum absolute atomic E-state index is 0.565. The Balaban J connectivity index is 1.96. The summed E-state index contributed by atoms with van der Waals surface area (Å²) in [4.78, 5) is 8.24. The fourth-order valence-corrected chi connectivity index (χ4v) is 1.90. The Hall–Kier alpha value is -2.10. The standard InChI is InChI=1S/C14H18N4/c1-2-12-13(15)17-10-18-14(12)16-9-8-11-6-4-3-5-7-11/h3-7,10H,2,8-9H2,1H3,(H3,15,16,17,18). The number of nitrogen functional groups attached to an aromatic ring is 1. The molecule has 3 N–H and O–H groups in total. The molecule has 2 rings (SSSR count). The van der Waals surface area contributed by atoms with E-state index in [0.29, 0.717) is 5.82 Å². The number of rotatable bonds is 5. The maximum absolute atomic E-state index is 5.82. The average molecular weight is 242 g/mol. The third-order valence-corrected chi connectivity index (χ3v) is 2.88. The molecule has 0 spiro atoms. The first-order valence-corrected chi connectivity index (χ1v) is 6.18. The number of nitrogens with two attached hydrogens (primary N) is 1. The summed E-state index contributed by atoms with van der Waals surface area (Å²) in [6, 6.07) is 10.4. The van der Waals surface area contributed by atoms with Gasteiger partial charge in [-0.1, -0.05) is 37.3 Å². The highest BCUT2D eigenvalue weighted by Crippen LogP contribution is 2.17. The fourth-order valence-electron chi connectivity index (χ4n) is 1.90. The molecule has 0 atom stereocenters. The molecule has 2 aromatic rings. The van der Waals surface area contributed by atoms with Crippen LogP contribution in [0.5, 0.6) is 0 Å². The van der Waals surface area contributed by atoms with E-state index < -0.39 is 0 Å². The van der Waals surface area contributed by atoms with Gasteiger partial charge in [0.15, 0.2) is 0 Å². The maximum atomic E-state index is 5.82. The van der Waals surface area contributed by atoms with Gasteiger partial charge in [0, 0.05) is 12.1 Å². The minimum atomic E-state index is 0.565. The predicted octanol–water partition coefficient (Wildman–Crippen LogP) is 2.28. The summed E-state index contributed by atoms with van der Waals surface area (Å²) in [5.74, 6) is 1.41. The molecule has 94 valence electrons. The SMILES string of the molecule is CCc1c(N)ncnc1NCCc1ccccc1. The van der Waals surface area contributed by atoms with E-state index in [9.17, 15) is 0 Å². The van der Waals surface area contributed by atoms with E-state index in [4.69, 9.17) is 5.73 Å². The zero-order valence-electron chi connectivity index (χ0n) is 10.6. The van der Waals surface area contributed by atoms with E-state index in [2.05, 4.69) is 46.5 Å². The number of hydrogen-bond donors (Lipinski definition) is 2. The van der Waals surface area contributed by atoms with Crippen molar-refractivity contribution < 1.29 is 0 Å². The molecule has 0 aliphatic heterocycles. The van der Waals surface area contributed by atoms with Crippen LogP contribution in [0.2, 0.25) is 0 Å². The van der Waals surface area contributed by atoms with E-state index in [1.165, 1.54) is 11.9 Å². The van der Waals surface area contributed by atoms with Crippen molar-refractivity contribution in [1.29, 1.82) is 0 Å². The van der Waals surface area contributed by atoms with Gasteiger partial charge < -0.3 is 11.1 Å². The first-order chi connectivity index (χ1) is 8.81. The van der Waals surface area contributed by atoms with Gasteiger partial charge in [0.25, 0.3) is 0 Å². The lowest BCUT2D eigenvalue weighted by atomic mass is 10.1. The number of benzene rings is 1. The number of nitrogens with zero attached hydrogens (tertiary/aromatic N) is 2. The van der Waals surface area contributed by atoms with Crippen molar-refractivity contribution >= 4 is 11.6 Å². The summed E-state index contributed by atoms with van der Waals surface area (Å²) >= 11 is 0. The molecule has 4 nitrogen and oxygen atoms in total. The molecule has 0 amide bonds. The Morgan fingerprint density at radius 1 is 1.17 bits per heavy atom. The molecule has 1 aromatic carbocycles. The maximum Gasteiger partial charge on any atom is 0.134 e. The predicted molar refractivity (Wildman–Crippen MR) is 74.5 cm³/mol. The Kier molecular flexibility index (Phi) is 4.12. The van der Waals surface area contributed by atoms with E-state index in [-0.39, 0.29) is 0 Å². The van der Waals surface area contributed by atoms with Crippen LogP contribution >= 0.6 is 0 Å². The molecule has 18 heavy (non-hydrogen) atoms. The lowest BCUT2D eigenvalue weighted by Crippen LogP contribution is -2.10. The fraction of sp³-hybridized carbons (Fsp3) is 0.286. The molecular formula is C14H18N4. The summed E-state index contributed by atoms with van der Waals surface area (Å²) in [5, 5.41) is 3.32. The van der Waals surface area contributed by atoms with Gasteiger partial charge in [-0.3, -0.25) is 0 Å². The first kappa shape index (κ1) is 12.4. The minimum Gasteiger partial charge on any atom is -0.383 e. The third kappa shape index (κ3) is 2.97. The first-order valence-electron chi connectivity index (χ1n) is 6.18. The number of aromatic nitrogens is 2. The van der Waals surface area contributed by atoms with E-state index in [1.54, 1.807) is 0 Å². The summed E-state index contributed by atoms with van der Waals surface area (Å²) in [5.41, 5.74) is 8.13. The Labute approximate surface area is 107 Å². The second-order valence-electron chi connectivity index (χ2n) is 4.10. The molecule has 0 bridgehead atoms. The largest absolute Gasteiger partial charge is 0.383 e. The van der Waals surface area contributed by atoms with Crippen molar-refractivity contribution in [1.82, 2.24) is 9.97 Å². The summed E-state index contributed by atoms with van der Waals surface area (Å²) in [7, 11) is 0. The van der Waals surface area contributed by atoms with Crippen molar-refractivity contribution in [2.45, 2.75) is 19.8 Å². The molecule has 1 aromatic heterocycles. The lowest BCUT2D eigenvalue weighted by molar-refractivity contribution is 0.977. The van der Waals surface area contributed by atoms with Gasteiger partial charge in [-0.2, -0.15) is 0 Å². The van der Waals surface area contributed by atoms with E-state index in [0.717, 1.165) is 30.8 Å². The van der Waals surface area contributed by atoms with E-state index in [1.807, 2.05) is 6.07 Å². The van der Waals surface area contributed by atoms with Crippen LogP contribution in [0.1, 0.15) is 18.1 Å². The Bertz CT molecular complexity index is 496. The van der Waals surface area contributed by atoms with Crippen LogP contribution in [0.15, 0.2) is 36.7 Å². The van der Waals surface area contributed by atoms with Crippen molar-refractivity contribution in [2.75, 3.05) is 17.6 Å². The van der Waals surface area contributed by atoms with Gasteiger partial charge in [0.05, 0.1) is 0 Å². The van der Waals surface area contributed by atoms with Crippen LogP contribution in [-0.4, -0.2) is 16.5 Å². The molecule has 0 saturated heterocycles. The van der Waals surface area contributed by atoms with Gasteiger partial charge in [-0.15, -0.1) is 0 Å². The highest BCUT2D eigenvalue weighted by Gasteiger charge is 2.06. The number of anilines is 2. The van der Waals surface area contributed by atoms with Crippen LogP contribution in [-0.2, 0) is 12.8 Å². The molecule has 0 fully saturated rings. The molecular weight excluding hydrogens is 224 g/mol. The van der Waals surface area contributed by atoms with Crippen LogP contribution in [0.4, 0.5) is 11.6 Å². The molecule has 0 saturated carbocycles. The Morgan fingerprint density at radius 3 is 2.67 bits per heavy atom. The summed E-state index contributed by atoms with van der Waals surface area (Å²) < 4.78 is 0. The van der Waals surface area contributed by atoms with Gasteiger partial charge in [0.2, 0.25) is 0 Å². The monoisotopic (exact) mass is 242 g/mol. The van der Waals surface area contributed by atoms with Crippen molar-refractivity contribution in [3.8, 4) is 0 Å². The molecule has 1 heterocycles. The highest BCUT2D eigenvalue weighted by molar-refractivity contribution is 5.54. The summed E-state index contributed by atoms with van der Waals surface area (Å²) in [6.45, 7) is 2.89. The van der Waals surface area contributed by atoms with Gasteiger partial charge in [-0.05, 0) is 18.4 Å². The van der Waals surface area contributed by atoms with Crippen LogP contribution in [0, 0.1) is 0 Å². The van der Waals surface area contributed by atoms with Crippen molar-refractivity contribution in [2.24, 2.45) is 0 Å². The van der Waals surface area contributed by atoms with Crippen LogP contribution < -0.4 is 11.1 Å².